The van der Waals surface area contributed by atoms with Crippen LogP contribution in [0.4, 0.5) is 0 Å². The maximum Gasteiger partial charge on any atom is 0.163 e. The van der Waals surface area contributed by atoms with Gasteiger partial charge in [-0.3, -0.25) is 4.79 Å². The highest BCUT2D eigenvalue weighted by Gasteiger charge is 2.22. The van der Waals surface area contributed by atoms with Crippen LogP contribution in [0.3, 0.4) is 0 Å². The summed E-state index contributed by atoms with van der Waals surface area (Å²) in [7, 11) is 0. The van der Waals surface area contributed by atoms with Crippen LogP contribution in [0, 0.1) is 12.8 Å². The number of hydrogen-bond donors (Lipinski definition) is 1. The van der Waals surface area contributed by atoms with Gasteiger partial charge < -0.3 is 5.11 Å². The second-order valence-corrected chi connectivity index (χ2v) is 5.22. The van der Waals surface area contributed by atoms with Crippen molar-refractivity contribution in [1.82, 2.24) is 9.97 Å². The average molecular weight is 248 g/mol. The normalized spacial score (nSPS) is 23.9. The largest absolute Gasteiger partial charge is 0.393 e. The summed E-state index contributed by atoms with van der Waals surface area (Å²) in [6.45, 7) is 3.39. The molecule has 0 amide bonds. The average Bonchev–Trinajstić information content (AvgIpc) is 2.28. The van der Waals surface area contributed by atoms with Crippen LogP contribution in [0.5, 0.6) is 0 Å². The summed E-state index contributed by atoms with van der Waals surface area (Å²) >= 11 is 0. The van der Waals surface area contributed by atoms with E-state index in [1.807, 2.05) is 6.92 Å². The van der Waals surface area contributed by atoms with Crippen molar-refractivity contribution in [2.75, 3.05) is 0 Å². The number of nitrogens with zero attached hydrogens (tertiary/aromatic N) is 2. The first kappa shape index (κ1) is 13.1. The van der Waals surface area contributed by atoms with Crippen molar-refractivity contribution in [2.45, 2.75) is 52.1 Å². The molecule has 1 aliphatic carbocycles. The van der Waals surface area contributed by atoms with E-state index in [0.29, 0.717) is 17.3 Å². The Balaban J connectivity index is 2.16. The van der Waals surface area contributed by atoms with Gasteiger partial charge in [0.2, 0.25) is 0 Å². The first-order valence-corrected chi connectivity index (χ1v) is 6.57. The first-order valence-electron chi connectivity index (χ1n) is 6.57. The van der Waals surface area contributed by atoms with E-state index in [1.54, 1.807) is 13.1 Å². The summed E-state index contributed by atoms with van der Waals surface area (Å²) in [6.07, 6.45) is 6.10. The van der Waals surface area contributed by atoms with E-state index in [4.69, 9.17) is 0 Å². The minimum Gasteiger partial charge on any atom is -0.393 e. The molecular weight excluding hydrogens is 228 g/mol. The molecular formula is C14H20N2O2. The molecule has 1 N–H and O–H groups in total. The Morgan fingerprint density at radius 3 is 2.94 bits per heavy atom. The lowest BCUT2D eigenvalue weighted by atomic mass is 9.83. The summed E-state index contributed by atoms with van der Waals surface area (Å²) in [5, 5.41) is 9.69. The highest BCUT2D eigenvalue weighted by Crippen LogP contribution is 2.27. The number of aryl methyl sites for hydroxylation is 1. The predicted molar refractivity (Wildman–Crippen MR) is 68.4 cm³/mol. The highest BCUT2D eigenvalue weighted by atomic mass is 16.3. The lowest BCUT2D eigenvalue weighted by Gasteiger charge is -2.25. The Labute approximate surface area is 107 Å². The van der Waals surface area contributed by atoms with Crippen molar-refractivity contribution in [2.24, 2.45) is 5.92 Å². The molecule has 0 aliphatic heterocycles. The SMILES string of the molecule is CC(=O)c1cnc(C)nc1C[C@@H]1CCC[C@H](O)C1. The maximum atomic E-state index is 11.6. The smallest absolute Gasteiger partial charge is 0.163 e. The van der Waals surface area contributed by atoms with Crippen molar-refractivity contribution < 1.29 is 9.90 Å². The highest BCUT2D eigenvalue weighted by molar-refractivity contribution is 5.94. The van der Waals surface area contributed by atoms with Crippen LogP contribution in [0.2, 0.25) is 0 Å². The lowest BCUT2D eigenvalue weighted by molar-refractivity contribution is 0.0994. The number of aromatic nitrogens is 2. The Kier molecular flexibility index (Phi) is 4.07. The number of ketones is 1. The molecule has 0 bridgehead atoms. The third-order valence-corrected chi connectivity index (χ3v) is 3.60. The molecule has 1 aromatic rings. The second kappa shape index (κ2) is 5.57. The van der Waals surface area contributed by atoms with Gasteiger partial charge in [0.15, 0.2) is 5.78 Å². The van der Waals surface area contributed by atoms with Gasteiger partial charge in [-0.05, 0) is 45.4 Å². The van der Waals surface area contributed by atoms with E-state index in [9.17, 15) is 9.90 Å². The molecule has 1 saturated carbocycles. The van der Waals surface area contributed by atoms with Gasteiger partial charge >= 0.3 is 0 Å². The van der Waals surface area contributed by atoms with Crippen LogP contribution in [-0.4, -0.2) is 27.0 Å². The van der Waals surface area contributed by atoms with Gasteiger partial charge in [-0.15, -0.1) is 0 Å². The summed E-state index contributed by atoms with van der Waals surface area (Å²) in [5.74, 6) is 1.15. The molecule has 2 rings (SSSR count). The number of aliphatic hydroxyl groups is 1. The van der Waals surface area contributed by atoms with E-state index in [0.717, 1.165) is 37.8 Å². The summed E-state index contributed by atoms with van der Waals surface area (Å²) < 4.78 is 0. The second-order valence-electron chi connectivity index (χ2n) is 5.22. The maximum absolute atomic E-state index is 11.6. The van der Waals surface area contributed by atoms with Crippen molar-refractivity contribution in [1.29, 1.82) is 0 Å². The van der Waals surface area contributed by atoms with E-state index in [1.165, 1.54) is 0 Å². The number of hydrogen-bond acceptors (Lipinski definition) is 4. The number of aliphatic hydroxyl groups excluding tert-OH is 1. The zero-order chi connectivity index (χ0) is 13.1. The summed E-state index contributed by atoms with van der Waals surface area (Å²) in [4.78, 5) is 20.0. The van der Waals surface area contributed by atoms with Gasteiger partial charge in [0.1, 0.15) is 5.82 Å². The van der Waals surface area contributed by atoms with Gasteiger partial charge in [-0.1, -0.05) is 6.42 Å². The predicted octanol–water partition coefficient (Wildman–Crippen LogP) is 2.08. The Hall–Kier alpha value is -1.29. The fraction of sp³-hybridized carbons (Fsp3) is 0.643. The van der Waals surface area contributed by atoms with Gasteiger partial charge in [0.05, 0.1) is 17.4 Å². The molecule has 0 unspecified atom stereocenters. The van der Waals surface area contributed by atoms with E-state index in [-0.39, 0.29) is 11.9 Å². The monoisotopic (exact) mass is 248 g/mol. The van der Waals surface area contributed by atoms with Crippen molar-refractivity contribution in [3.8, 4) is 0 Å². The van der Waals surface area contributed by atoms with Crippen LogP contribution in [-0.2, 0) is 6.42 Å². The van der Waals surface area contributed by atoms with Gasteiger partial charge in [0, 0.05) is 6.20 Å². The Morgan fingerprint density at radius 1 is 1.50 bits per heavy atom. The Bertz CT molecular complexity index is 445. The number of carbonyl (C=O) groups excluding carboxylic acids is 1. The molecule has 0 spiro atoms. The fourth-order valence-corrected chi connectivity index (χ4v) is 2.69. The zero-order valence-electron chi connectivity index (χ0n) is 11.0. The van der Waals surface area contributed by atoms with Crippen molar-refractivity contribution >= 4 is 5.78 Å². The minimum atomic E-state index is -0.188. The topological polar surface area (TPSA) is 63.1 Å². The molecule has 1 aromatic heterocycles. The van der Waals surface area contributed by atoms with E-state index in [2.05, 4.69) is 9.97 Å². The van der Waals surface area contributed by atoms with E-state index < -0.39 is 0 Å². The van der Waals surface area contributed by atoms with Crippen LogP contribution < -0.4 is 0 Å². The number of Topliss-reactive ketones (excluding diaryl/α,β-unsaturated/α-hetero) is 1. The van der Waals surface area contributed by atoms with Gasteiger partial charge in [-0.25, -0.2) is 9.97 Å². The number of rotatable bonds is 3. The number of carbonyl (C=O) groups is 1. The summed E-state index contributed by atoms with van der Waals surface area (Å²) in [5.41, 5.74) is 1.47. The molecule has 1 heterocycles. The zero-order valence-corrected chi connectivity index (χ0v) is 11.0. The molecule has 2 atom stereocenters. The molecule has 0 saturated heterocycles. The fourth-order valence-electron chi connectivity index (χ4n) is 2.69. The third kappa shape index (κ3) is 3.13. The van der Waals surface area contributed by atoms with Crippen molar-refractivity contribution in [3.05, 3.63) is 23.3 Å². The minimum absolute atomic E-state index is 0.0151. The molecule has 18 heavy (non-hydrogen) atoms. The van der Waals surface area contributed by atoms with Gasteiger partial charge in [0.25, 0.3) is 0 Å². The van der Waals surface area contributed by atoms with Crippen LogP contribution in [0.1, 0.15) is 54.5 Å². The molecule has 1 aliphatic rings. The summed E-state index contributed by atoms with van der Waals surface area (Å²) in [6, 6.07) is 0. The lowest BCUT2D eigenvalue weighted by Crippen LogP contribution is -2.22. The van der Waals surface area contributed by atoms with E-state index >= 15 is 0 Å². The Morgan fingerprint density at radius 2 is 2.28 bits per heavy atom. The standard InChI is InChI=1S/C14H20N2O2/c1-9(17)13-8-15-10(2)16-14(13)7-11-4-3-5-12(18)6-11/h8,11-12,18H,3-7H2,1-2H3/t11-,12+/m1/s1. The van der Waals surface area contributed by atoms with Crippen LogP contribution >= 0.6 is 0 Å². The molecule has 1 fully saturated rings. The molecule has 0 aromatic carbocycles. The molecule has 4 heteroatoms. The van der Waals surface area contributed by atoms with Gasteiger partial charge in [-0.2, -0.15) is 0 Å². The third-order valence-electron chi connectivity index (χ3n) is 3.60. The van der Waals surface area contributed by atoms with Crippen LogP contribution in [0.25, 0.3) is 0 Å². The first-order chi connectivity index (χ1) is 8.56. The quantitative estimate of drug-likeness (QED) is 0.832. The van der Waals surface area contributed by atoms with Crippen LogP contribution in [0.15, 0.2) is 6.20 Å². The molecule has 0 radical (unpaired) electrons. The molecule has 4 nitrogen and oxygen atoms in total. The van der Waals surface area contributed by atoms with Crippen molar-refractivity contribution in [3.63, 3.8) is 0 Å². The molecule has 98 valence electrons.